The van der Waals surface area contributed by atoms with Crippen molar-refractivity contribution in [2.45, 2.75) is 18.9 Å². The van der Waals surface area contributed by atoms with E-state index in [0.717, 1.165) is 0 Å². The number of carbonyl (C=O) groups is 2. The summed E-state index contributed by atoms with van der Waals surface area (Å²) < 4.78 is 0. The fourth-order valence-corrected chi connectivity index (χ4v) is 1.57. The Morgan fingerprint density at radius 3 is 2.65 bits per heavy atom. The monoisotopic (exact) mass is 281 g/mol. The van der Waals surface area contributed by atoms with Gasteiger partial charge in [0.25, 0.3) is 5.91 Å². The molecule has 0 aliphatic rings. The third-order valence-corrected chi connectivity index (χ3v) is 2.63. The number of carbonyl (C=O) groups excluding carboxylic acids is 1. The largest absolute Gasteiger partial charge is 0.481 e. The van der Waals surface area contributed by atoms with E-state index in [4.69, 9.17) is 5.11 Å². The van der Waals surface area contributed by atoms with E-state index >= 15 is 0 Å². The summed E-state index contributed by atoms with van der Waals surface area (Å²) in [6.07, 6.45) is 1.08. The quantitative estimate of drug-likeness (QED) is 0.683. The van der Waals surface area contributed by atoms with Crippen LogP contribution < -0.4 is 10.2 Å². The number of pyridine rings is 1. The Labute approximate surface area is 117 Å². The first-order chi connectivity index (χ1) is 9.21. The Morgan fingerprint density at radius 2 is 2.10 bits per heavy atom. The van der Waals surface area contributed by atoms with Crippen molar-refractivity contribution in [2.24, 2.45) is 0 Å². The van der Waals surface area contributed by atoms with Crippen molar-refractivity contribution in [3.63, 3.8) is 0 Å². The number of amides is 1. The zero-order valence-corrected chi connectivity index (χ0v) is 11.8. The van der Waals surface area contributed by atoms with Crippen molar-refractivity contribution in [2.75, 3.05) is 25.5 Å². The second-order valence-corrected chi connectivity index (χ2v) is 5.05. The second-order valence-electron chi connectivity index (χ2n) is 5.05. The molecule has 0 aromatic carbocycles. The first-order valence-electron chi connectivity index (χ1n) is 6.07. The lowest BCUT2D eigenvalue weighted by Crippen LogP contribution is -2.42. The maximum Gasteiger partial charge on any atom is 0.306 e. The van der Waals surface area contributed by atoms with Gasteiger partial charge in [-0.25, -0.2) is 4.98 Å². The summed E-state index contributed by atoms with van der Waals surface area (Å²) in [5.74, 6) is -0.876. The summed E-state index contributed by atoms with van der Waals surface area (Å²) in [6.45, 7) is 1.22. The lowest BCUT2D eigenvalue weighted by molar-refractivity contribution is -0.141. The minimum Gasteiger partial charge on any atom is -0.481 e. The van der Waals surface area contributed by atoms with Gasteiger partial charge < -0.3 is 20.4 Å². The van der Waals surface area contributed by atoms with Gasteiger partial charge in [-0.05, 0) is 19.1 Å². The molecule has 1 rings (SSSR count). The zero-order valence-electron chi connectivity index (χ0n) is 11.8. The second kappa shape index (κ2) is 6.33. The van der Waals surface area contributed by atoms with Crippen molar-refractivity contribution in [3.8, 4) is 0 Å². The number of carboxylic acid groups (broad SMARTS) is 1. The first kappa shape index (κ1) is 15.9. The smallest absolute Gasteiger partial charge is 0.306 e. The third kappa shape index (κ3) is 4.85. The summed E-state index contributed by atoms with van der Waals surface area (Å²) in [6, 6.07) is 3.16. The number of carboxylic acids is 1. The van der Waals surface area contributed by atoms with E-state index in [0.29, 0.717) is 11.4 Å². The molecule has 110 valence electrons. The number of nitrogens with one attached hydrogen (secondary N) is 1. The minimum absolute atomic E-state index is 0.141. The molecule has 0 aliphatic carbocycles. The Morgan fingerprint density at radius 1 is 1.45 bits per heavy atom. The van der Waals surface area contributed by atoms with Gasteiger partial charge in [0.2, 0.25) is 0 Å². The standard InChI is InChI=1S/C13H19N3O4/c1-13(20,7-11(17)18)8-15-12(19)9-4-5-14-10(6-9)16(2)3/h4-6,20H,7-8H2,1-3H3,(H,15,19)(H,17,18). The number of hydrogen-bond acceptors (Lipinski definition) is 5. The number of aliphatic hydroxyl groups is 1. The summed E-state index contributed by atoms with van der Waals surface area (Å²) in [5, 5.41) is 21.0. The topological polar surface area (TPSA) is 103 Å². The summed E-state index contributed by atoms with van der Waals surface area (Å²) >= 11 is 0. The Kier molecular flexibility index (Phi) is 5.04. The van der Waals surface area contributed by atoms with Gasteiger partial charge in [-0.2, -0.15) is 0 Å². The van der Waals surface area contributed by atoms with Crippen LogP contribution in [0, 0.1) is 0 Å². The zero-order chi connectivity index (χ0) is 15.3. The lowest BCUT2D eigenvalue weighted by atomic mass is 10.0. The predicted octanol–water partition coefficient (Wildman–Crippen LogP) is 0.103. The van der Waals surface area contributed by atoms with Gasteiger partial charge in [-0.1, -0.05) is 0 Å². The first-order valence-corrected chi connectivity index (χ1v) is 6.07. The van der Waals surface area contributed by atoms with Crippen LogP contribution in [-0.2, 0) is 4.79 Å². The van der Waals surface area contributed by atoms with E-state index < -0.39 is 18.0 Å². The fraction of sp³-hybridized carbons (Fsp3) is 0.462. The fourth-order valence-electron chi connectivity index (χ4n) is 1.57. The van der Waals surface area contributed by atoms with Crippen molar-refractivity contribution in [1.82, 2.24) is 10.3 Å². The molecule has 0 saturated heterocycles. The molecular weight excluding hydrogens is 262 g/mol. The molecule has 1 heterocycles. The van der Waals surface area contributed by atoms with Crippen LogP contribution in [0.4, 0.5) is 5.82 Å². The maximum absolute atomic E-state index is 11.9. The van der Waals surface area contributed by atoms with Gasteiger partial charge in [-0.15, -0.1) is 0 Å². The Bertz CT molecular complexity index is 500. The number of nitrogens with zero attached hydrogens (tertiary/aromatic N) is 2. The van der Waals surface area contributed by atoms with Crippen molar-refractivity contribution in [3.05, 3.63) is 23.9 Å². The highest BCUT2D eigenvalue weighted by molar-refractivity contribution is 5.94. The van der Waals surface area contributed by atoms with Gasteiger partial charge in [0.05, 0.1) is 12.0 Å². The molecule has 20 heavy (non-hydrogen) atoms. The molecule has 1 unspecified atom stereocenters. The normalized spacial score (nSPS) is 13.4. The van der Waals surface area contributed by atoms with Crippen LogP contribution in [0.25, 0.3) is 0 Å². The van der Waals surface area contributed by atoms with Crippen LogP contribution in [-0.4, -0.2) is 53.3 Å². The van der Waals surface area contributed by atoms with E-state index in [-0.39, 0.29) is 12.5 Å². The van der Waals surface area contributed by atoms with Crippen LogP contribution >= 0.6 is 0 Å². The Balaban J connectivity index is 2.67. The molecule has 1 aromatic heterocycles. The van der Waals surface area contributed by atoms with E-state index in [1.807, 2.05) is 14.1 Å². The third-order valence-electron chi connectivity index (χ3n) is 2.63. The maximum atomic E-state index is 11.9. The number of rotatable bonds is 6. The molecule has 1 aromatic rings. The average molecular weight is 281 g/mol. The van der Waals surface area contributed by atoms with Crippen molar-refractivity contribution in [1.29, 1.82) is 0 Å². The highest BCUT2D eigenvalue weighted by Gasteiger charge is 2.25. The van der Waals surface area contributed by atoms with Crippen LogP contribution in [0.1, 0.15) is 23.7 Å². The molecule has 0 bridgehead atoms. The Hall–Kier alpha value is -2.15. The molecule has 0 fully saturated rings. The summed E-state index contributed by atoms with van der Waals surface area (Å²) in [5.41, 5.74) is -1.09. The SMILES string of the molecule is CN(C)c1cc(C(=O)NCC(C)(O)CC(=O)O)ccn1. The van der Waals surface area contributed by atoms with Crippen LogP contribution in [0.2, 0.25) is 0 Å². The number of aliphatic carboxylic acids is 1. The van der Waals surface area contributed by atoms with E-state index in [2.05, 4.69) is 10.3 Å². The molecule has 7 nitrogen and oxygen atoms in total. The van der Waals surface area contributed by atoms with E-state index in [1.54, 1.807) is 17.0 Å². The average Bonchev–Trinajstić information content (AvgIpc) is 2.34. The molecule has 0 saturated carbocycles. The predicted molar refractivity (Wildman–Crippen MR) is 73.8 cm³/mol. The van der Waals surface area contributed by atoms with Gasteiger partial charge in [0.1, 0.15) is 5.82 Å². The van der Waals surface area contributed by atoms with Crippen LogP contribution in [0.5, 0.6) is 0 Å². The highest BCUT2D eigenvalue weighted by atomic mass is 16.4. The van der Waals surface area contributed by atoms with Crippen molar-refractivity contribution >= 4 is 17.7 Å². The van der Waals surface area contributed by atoms with E-state index in [1.165, 1.54) is 13.1 Å². The minimum atomic E-state index is -1.49. The molecule has 3 N–H and O–H groups in total. The lowest BCUT2D eigenvalue weighted by Gasteiger charge is -2.21. The van der Waals surface area contributed by atoms with E-state index in [9.17, 15) is 14.7 Å². The van der Waals surface area contributed by atoms with Gasteiger partial charge in [-0.3, -0.25) is 9.59 Å². The summed E-state index contributed by atoms with van der Waals surface area (Å²) in [4.78, 5) is 28.3. The molecule has 0 spiro atoms. The van der Waals surface area contributed by atoms with Gasteiger partial charge >= 0.3 is 5.97 Å². The summed E-state index contributed by atoms with van der Waals surface area (Å²) in [7, 11) is 3.61. The van der Waals surface area contributed by atoms with Crippen LogP contribution in [0.15, 0.2) is 18.3 Å². The number of anilines is 1. The van der Waals surface area contributed by atoms with Gasteiger partial charge in [0.15, 0.2) is 0 Å². The number of aromatic nitrogens is 1. The molecule has 0 radical (unpaired) electrons. The number of hydrogen-bond donors (Lipinski definition) is 3. The van der Waals surface area contributed by atoms with Crippen LogP contribution in [0.3, 0.4) is 0 Å². The molecule has 1 atom stereocenters. The van der Waals surface area contributed by atoms with Crippen molar-refractivity contribution < 1.29 is 19.8 Å². The molecular formula is C13H19N3O4. The molecule has 7 heteroatoms. The highest BCUT2D eigenvalue weighted by Crippen LogP contribution is 2.11. The van der Waals surface area contributed by atoms with Gasteiger partial charge in [0, 0.05) is 32.4 Å². The molecule has 0 aliphatic heterocycles. The molecule has 1 amide bonds.